The van der Waals surface area contributed by atoms with Crippen LogP contribution in [0.4, 0.5) is 17.1 Å². The number of nitrogens with one attached hydrogen (secondary N) is 1. The number of amides is 1. The molecule has 0 atom stereocenters. The first kappa shape index (κ1) is 32.9. The lowest BCUT2D eigenvalue weighted by Gasteiger charge is -2.27. The monoisotopic (exact) mass is 723 g/mol. The maximum absolute atomic E-state index is 14.0. The summed E-state index contributed by atoms with van der Waals surface area (Å²) in [5.41, 5.74) is 2.21. The van der Waals surface area contributed by atoms with Crippen LogP contribution in [0.3, 0.4) is 0 Å². The molecule has 49 heavy (non-hydrogen) atoms. The number of hydrogen-bond acceptors (Lipinski definition) is 10. The number of carbonyl (C=O) groups is 1. The third-order valence-electron chi connectivity index (χ3n) is 9.04. The molecule has 0 radical (unpaired) electrons. The van der Waals surface area contributed by atoms with E-state index in [2.05, 4.69) is 18.7 Å². The molecule has 0 spiro atoms. The van der Waals surface area contributed by atoms with E-state index in [1.807, 2.05) is 0 Å². The highest BCUT2D eigenvalue weighted by Gasteiger charge is 2.33. The van der Waals surface area contributed by atoms with Gasteiger partial charge in [-0.05, 0) is 81.3 Å². The van der Waals surface area contributed by atoms with E-state index in [4.69, 9.17) is 4.98 Å². The number of benzene rings is 3. The first-order chi connectivity index (χ1) is 23.0. The molecule has 3 aromatic carbocycles. The summed E-state index contributed by atoms with van der Waals surface area (Å²) in [5, 5.41) is 2.99. The van der Waals surface area contributed by atoms with Gasteiger partial charge in [-0.25, -0.2) is 17.7 Å². The Labute approximate surface area is 284 Å². The van der Waals surface area contributed by atoms with Crippen molar-refractivity contribution < 1.29 is 30.0 Å². The Balaban J connectivity index is 1.35. The largest absolute Gasteiger partial charge is 0.342 e. The van der Waals surface area contributed by atoms with E-state index in [1.54, 1.807) is 43.1 Å². The van der Waals surface area contributed by atoms with Crippen molar-refractivity contribution in [3.8, 4) is 11.4 Å². The molecule has 17 heteroatoms. The molecule has 7 rings (SSSR count). The van der Waals surface area contributed by atoms with E-state index in [9.17, 15) is 30.0 Å². The number of rotatable bonds is 5. The minimum absolute atomic E-state index is 0.00589. The summed E-state index contributed by atoms with van der Waals surface area (Å²) >= 11 is 0. The number of carbonyl (C=O) groups excluding carboxylic acids is 1. The summed E-state index contributed by atoms with van der Waals surface area (Å²) in [4.78, 5) is 20.3. The van der Waals surface area contributed by atoms with E-state index < -0.39 is 36.0 Å². The molecule has 1 aromatic heterocycles. The standard InChI is InChI=1S/C32H33N7O7S3/c1-19-33-25-13-10-21(17-29(25)48(43,44)35-19)31-34-26-16-22(11-14-27(26)38(31)23-8-6-5-7-9-23)32(40)39(47(4,41)42)24-12-15-28-30(18-24)49(45,46)36-20(2)37(28)3/h10-18,23H,5-9H2,1-4H3,(H,33,35). The van der Waals surface area contributed by atoms with Crippen LogP contribution in [0.25, 0.3) is 22.4 Å². The molecule has 2 aliphatic heterocycles. The molecule has 1 N–H and O–H groups in total. The molecule has 1 fully saturated rings. The number of nitrogens with zero attached hydrogens (tertiary/aromatic N) is 6. The Morgan fingerprint density at radius 3 is 2.33 bits per heavy atom. The normalized spacial score (nSPS) is 18.6. The third-order valence-corrected chi connectivity index (χ3v) is 12.9. The van der Waals surface area contributed by atoms with Gasteiger partial charge in [-0.2, -0.15) is 16.8 Å². The SMILES string of the molecule is CC1=NS(=O)(=O)c2cc(-c3nc4cc(C(=O)N(c5ccc6c(c5)S(=O)(=O)N=C(C)N6C)S(C)(=O)=O)ccc4n3C3CCCCC3)ccc2N1. The number of anilines is 3. The summed E-state index contributed by atoms with van der Waals surface area (Å²) in [7, 11) is -10.7. The lowest BCUT2D eigenvalue weighted by Crippen LogP contribution is -2.36. The van der Waals surface area contributed by atoms with E-state index in [0.29, 0.717) is 38.1 Å². The van der Waals surface area contributed by atoms with Crippen LogP contribution in [0.5, 0.6) is 0 Å². The highest BCUT2D eigenvalue weighted by Crippen LogP contribution is 2.39. The molecule has 0 bridgehead atoms. The minimum Gasteiger partial charge on any atom is -0.342 e. The fraction of sp³-hybridized carbons (Fsp3) is 0.312. The minimum atomic E-state index is -4.25. The van der Waals surface area contributed by atoms with Gasteiger partial charge in [0.05, 0.1) is 34.4 Å². The van der Waals surface area contributed by atoms with Crippen molar-refractivity contribution in [1.29, 1.82) is 0 Å². The number of aromatic nitrogens is 2. The van der Waals surface area contributed by atoms with Crippen LogP contribution in [0.15, 0.2) is 73.2 Å². The Morgan fingerprint density at radius 2 is 1.61 bits per heavy atom. The highest BCUT2D eigenvalue weighted by atomic mass is 32.2. The molecule has 0 saturated heterocycles. The van der Waals surface area contributed by atoms with Crippen molar-refractivity contribution in [3.05, 3.63) is 60.2 Å². The average Bonchev–Trinajstić information content (AvgIpc) is 3.42. The van der Waals surface area contributed by atoms with Crippen molar-refractivity contribution >= 4 is 75.7 Å². The van der Waals surface area contributed by atoms with Gasteiger partial charge in [-0.15, -0.1) is 8.80 Å². The Hall–Kier alpha value is -4.61. The van der Waals surface area contributed by atoms with Gasteiger partial charge in [0, 0.05) is 24.2 Å². The quantitative estimate of drug-likeness (QED) is 0.297. The van der Waals surface area contributed by atoms with Gasteiger partial charge in [0.2, 0.25) is 10.0 Å². The number of hydrogen-bond donors (Lipinski definition) is 1. The number of fused-ring (bicyclic) bond motifs is 3. The van der Waals surface area contributed by atoms with Crippen LogP contribution >= 0.6 is 0 Å². The second-order valence-corrected chi connectivity index (χ2v) is 17.4. The van der Waals surface area contributed by atoms with Crippen LogP contribution in [-0.4, -0.2) is 65.7 Å². The predicted molar refractivity (Wildman–Crippen MR) is 188 cm³/mol. The topological polar surface area (TPSA) is 181 Å². The second kappa shape index (κ2) is 11.5. The number of sulfonamides is 3. The predicted octanol–water partition coefficient (Wildman–Crippen LogP) is 4.90. The van der Waals surface area contributed by atoms with Crippen LogP contribution in [0, 0.1) is 0 Å². The van der Waals surface area contributed by atoms with Gasteiger partial charge >= 0.3 is 0 Å². The summed E-state index contributed by atoms with van der Waals surface area (Å²) < 4.78 is 88.2. The van der Waals surface area contributed by atoms with Gasteiger partial charge in [0.1, 0.15) is 27.3 Å². The Bertz CT molecular complexity index is 2480. The van der Waals surface area contributed by atoms with Crippen molar-refractivity contribution in [3.63, 3.8) is 0 Å². The van der Waals surface area contributed by atoms with E-state index in [-0.39, 0.29) is 38.8 Å². The van der Waals surface area contributed by atoms with E-state index in [0.717, 1.165) is 44.4 Å². The zero-order chi connectivity index (χ0) is 35.0. The maximum Gasteiger partial charge on any atom is 0.286 e. The van der Waals surface area contributed by atoms with Crippen LogP contribution < -0.4 is 14.5 Å². The number of imidazole rings is 1. The van der Waals surface area contributed by atoms with Crippen LogP contribution in [-0.2, 0) is 30.1 Å². The zero-order valence-corrected chi connectivity index (χ0v) is 29.5. The molecule has 14 nitrogen and oxygen atoms in total. The van der Waals surface area contributed by atoms with Gasteiger partial charge in [-0.3, -0.25) is 4.79 Å². The molecule has 3 heterocycles. The number of amidine groups is 2. The lowest BCUT2D eigenvalue weighted by atomic mass is 9.94. The second-order valence-electron chi connectivity index (χ2n) is 12.4. The molecule has 1 aliphatic carbocycles. The van der Waals surface area contributed by atoms with Gasteiger partial charge in [0.25, 0.3) is 26.0 Å². The molecular formula is C32H33N7O7S3. The first-order valence-corrected chi connectivity index (χ1v) is 20.3. The van der Waals surface area contributed by atoms with Gasteiger partial charge in [-0.1, -0.05) is 19.3 Å². The average molecular weight is 724 g/mol. The van der Waals surface area contributed by atoms with Gasteiger partial charge < -0.3 is 14.8 Å². The summed E-state index contributed by atoms with van der Waals surface area (Å²) in [6.45, 7) is 3.11. The molecule has 1 amide bonds. The highest BCUT2D eigenvalue weighted by molar-refractivity contribution is 7.93. The Morgan fingerprint density at radius 1 is 0.898 bits per heavy atom. The molecule has 0 unspecified atom stereocenters. The summed E-state index contributed by atoms with van der Waals surface area (Å²) in [6, 6.07) is 13.7. The van der Waals surface area contributed by atoms with Crippen LogP contribution in [0.1, 0.15) is 62.4 Å². The first-order valence-electron chi connectivity index (χ1n) is 15.5. The van der Waals surface area contributed by atoms with Gasteiger partial charge in [0.15, 0.2) is 0 Å². The Kier molecular flexibility index (Phi) is 7.72. The molecule has 4 aromatic rings. The molecular weight excluding hydrogens is 691 g/mol. The lowest BCUT2D eigenvalue weighted by molar-refractivity contribution is 0.101. The third kappa shape index (κ3) is 5.68. The molecule has 256 valence electrons. The van der Waals surface area contributed by atoms with Crippen molar-refractivity contribution in [2.24, 2.45) is 8.80 Å². The maximum atomic E-state index is 14.0. The van der Waals surface area contributed by atoms with Crippen molar-refractivity contribution in [2.75, 3.05) is 27.8 Å². The fourth-order valence-electron chi connectivity index (χ4n) is 6.72. The molecule has 3 aliphatic rings. The summed E-state index contributed by atoms with van der Waals surface area (Å²) in [5.74, 6) is 0.117. The summed E-state index contributed by atoms with van der Waals surface area (Å²) in [6.07, 6.45) is 5.76. The van der Waals surface area contributed by atoms with E-state index >= 15 is 0 Å². The molecule has 1 saturated carbocycles. The van der Waals surface area contributed by atoms with Crippen molar-refractivity contribution in [1.82, 2.24) is 9.55 Å². The fourth-order valence-corrected chi connectivity index (χ4v) is 10.1. The van der Waals surface area contributed by atoms with Crippen molar-refractivity contribution in [2.45, 2.75) is 61.8 Å². The van der Waals surface area contributed by atoms with E-state index in [1.165, 1.54) is 31.2 Å². The smallest absolute Gasteiger partial charge is 0.286 e. The zero-order valence-electron chi connectivity index (χ0n) is 27.1. The van der Waals surface area contributed by atoms with Crippen LogP contribution in [0.2, 0.25) is 0 Å².